The molecule has 0 bridgehead atoms. The van der Waals surface area contributed by atoms with Gasteiger partial charge < -0.3 is 15.1 Å². The van der Waals surface area contributed by atoms with E-state index in [0.717, 1.165) is 50.0 Å². The maximum absolute atomic E-state index is 11.9. The summed E-state index contributed by atoms with van der Waals surface area (Å²) < 4.78 is 0. The largest absolute Gasteiger partial charge is 0.367 e. The Balaban J connectivity index is 1.27. The summed E-state index contributed by atoms with van der Waals surface area (Å²) in [6.45, 7) is 4.34. The average Bonchev–Trinajstić information content (AvgIpc) is 3.60. The molecule has 1 aromatic carbocycles. The third-order valence-electron chi connectivity index (χ3n) is 7.38. The first-order valence-electron chi connectivity index (χ1n) is 11.8. The molecule has 1 N–H and O–H groups in total. The average molecular weight is 467 g/mol. The van der Waals surface area contributed by atoms with Crippen molar-refractivity contribution >= 4 is 34.9 Å². The normalized spacial score (nSPS) is 27.2. The van der Waals surface area contributed by atoms with E-state index in [2.05, 4.69) is 21.2 Å². The Bertz CT molecular complexity index is 762. The summed E-state index contributed by atoms with van der Waals surface area (Å²) >= 11 is 12.8. The van der Waals surface area contributed by atoms with E-state index in [4.69, 9.17) is 23.2 Å². The van der Waals surface area contributed by atoms with Gasteiger partial charge in [0.05, 0.1) is 15.7 Å². The Morgan fingerprint density at radius 2 is 1.84 bits per heavy atom. The van der Waals surface area contributed by atoms with Crippen molar-refractivity contribution < 1.29 is 4.79 Å². The fourth-order valence-electron chi connectivity index (χ4n) is 5.26. The minimum atomic E-state index is 0.0356. The van der Waals surface area contributed by atoms with E-state index in [1.54, 1.807) is 19.0 Å². The van der Waals surface area contributed by atoms with E-state index in [1.807, 2.05) is 12.1 Å². The van der Waals surface area contributed by atoms with Crippen LogP contribution in [0.2, 0.25) is 10.0 Å². The minimum absolute atomic E-state index is 0.0356. The van der Waals surface area contributed by atoms with E-state index in [9.17, 15) is 4.79 Å². The molecular weight excluding hydrogens is 431 g/mol. The molecule has 1 aromatic rings. The van der Waals surface area contributed by atoms with Crippen LogP contribution in [0, 0.1) is 11.8 Å². The van der Waals surface area contributed by atoms with Crippen LogP contribution >= 0.6 is 23.2 Å². The molecule has 1 atom stereocenters. The van der Waals surface area contributed by atoms with Crippen molar-refractivity contribution in [2.45, 2.75) is 57.0 Å². The van der Waals surface area contributed by atoms with E-state index in [0.29, 0.717) is 22.1 Å². The second kappa shape index (κ2) is 10.2. The maximum Gasteiger partial charge on any atom is 0.317 e. The number of rotatable bonds is 6. The van der Waals surface area contributed by atoms with Gasteiger partial charge in [-0.2, -0.15) is 0 Å². The second-order valence-corrected chi connectivity index (χ2v) is 10.6. The Morgan fingerprint density at radius 1 is 1.10 bits per heavy atom. The summed E-state index contributed by atoms with van der Waals surface area (Å²) in [5.74, 6) is 1.62. The van der Waals surface area contributed by atoms with Crippen molar-refractivity contribution in [2.24, 2.45) is 11.8 Å². The van der Waals surface area contributed by atoms with Crippen molar-refractivity contribution in [3.63, 3.8) is 0 Å². The molecule has 4 rings (SSSR count). The number of carbonyl (C=O) groups excluding carboxylic acids is 1. The number of urea groups is 1. The van der Waals surface area contributed by atoms with Gasteiger partial charge in [0.25, 0.3) is 0 Å². The molecule has 1 saturated heterocycles. The number of piperazine rings is 1. The van der Waals surface area contributed by atoms with Crippen LogP contribution in [0.4, 0.5) is 10.5 Å². The lowest BCUT2D eigenvalue weighted by Gasteiger charge is -2.44. The van der Waals surface area contributed by atoms with Crippen LogP contribution in [0.1, 0.15) is 44.9 Å². The number of hydrogen-bond acceptors (Lipinski definition) is 3. The predicted octanol–water partition coefficient (Wildman–Crippen LogP) is 5.11. The van der Waals surface area contributed by atoms with Gasteiger partial charge in [-0.05, 0) is 75.5 Å². The van der Waals surface area contributed by atoms with Crippen LogP contribution in [0.3, 0.4) is 0 Å². The zero-order chi connectivity index (χ0) is 22.0. The lowest BCUT2D eigenvalue weighted by Crippen LogP contribution is -2.54. The van der Waals surface area contributed by atoms with Gasteiger partial charge in [0.2, 0.25) is 0 Å². The zero-order valence-electron chi connectivity index (χ0n) is 18.8. The summed E-state index contributed by atoms with van der Waals surface area (Å²) in [7, 11) is 3.61. The van der Waals surface area contributed by atoms with Crippen molar-refractivity contribution in [2.75, 3.05) is 45.2 Å². The Kier molecular flexibility index (Phi) is 7.56. The molecule has 2 aliphatic carbocycles. The summed E-state index contributed by atoms with van der Waals surface area (Å²) in [4.78, 5) is 18.7. The molecule has 7 heteroatoms. The van der Waals surface area contributed by atoms with Gasteiger partial charge in [-0.25, -0.2) is 4.79 Å². The highest BCUT2D eigenvalue weighted by atomic mass is 35.5. The molecule has 5 nitrogen and oxygen atoms in total. The summed E-state index contributed by atoms with van der Waals surface area (Å²) in [5, 5.41) is 4.48. The van der Waals surface area contributed by atoms with Crippen molar-refractivity contribution in [3.8, 4) is 0 Å². The first-order chi connectivity index (χ1) is 14.9. The molecule has 31 heavy (non-hydrogen) atoms. The topological polar surface area (TPSA) is 38.8 Å². The lowest BCUT2D eigenvalue weighted by molar-refractivity contribution is 0.139. The van der Waals surface area contributed by atoms with Crippen molar-refractivity contribution in [1.29, 1.82) is 0 Å². The quantitative estimate of drug-likeness (QED) is 0.632. The van der Waals surface area contributed by atoms with Gasteiger partial charge >= 0.3 is 6.03 Å². The van der Waals surface area contributed by atoms with Crippen LogP contribution in [-0.4, -0.2) is 68.2 Å². The standard InChI is InChI=1S/C24H36Cl2N4O/c1-28(2)24(31)27-19-10-6-17(7-11-19)12-13-29-14-15-30(16-22(29)18-8-9-18)21-5-3-4-20(25)23(21)26/h3-5,17-19,22H,6-16H2,1-2H3,(H,27,31)/t17-,19-,22-/m0/s1. The number of benzene rings is 1. The third-order valence-corrected chi connectivity index (χ3v) is 8.19. The fourth-order valence-corrected chi connectivity index (χ4v) is 5.67. The second-order valence-electron chi connectivity index (χ2n) is 9.81. The SMILES string of the molecule is CN(C)C(=O)N[C@H]1CC[C@H](CCN2CCN(c3cccc(Cl)c3Cl)C[C@H]2C2CC2)CC1. The Hall–Kier alpha value is -1.17. The van der Waals surface area contributed by atoms with Crippen LogP contribution in [-0.2, 0) is 0 Å². The van der Waals surface area contributed by atoms with Crippen LogP contribution in [0.25, 0.3) is 0 Å². The number of halogens is 2. The molecule has 1 aliphatic heterocycles. The number of hydrogen-bond donors (Lipinski definition) is 1. The highest BCUT2D eigenvalue weighted by Gasteiger charge is 2.39. The minimum Gasteiger partial charge on any atom is -0.367 e. The Morgan fingerprint density at radius 3 is 2.52 bits per heavy atom. The first kappa shape index (κ1) is 23.0. The van der Waals surface area contributed by atoms with E-state index >= 15 is 0 Å². The molecular formula is C24H36Cl2N4O. The Labute approximate surface area is 197 Å². The number of amides is 2. The molecule has 2 saturated carbocycles. The highest BCUT2D eigenvalue weighted by Crippen LogP contribution is 2.40. The van der Waals surface area contributed by atoms with E-state index in [1.165, 1.54) is 38.6 Å². The van der Waals surface area contributed by atoms with Gasteiger partial charge in [0.1, 0.15) is 0 Å². The molecule has 3 aliphatic rings. The molecule has 1 heterocycles. The molecule has 0 spiro atoms. The summed E-state index contributed by atoms with van der Waals surface area (Å²) in [5.41, 5.74) is 1.08. The van der Waals surface area contributed by atoms with Crippen LogP contribution in [0.5, 0.6) is 0 Å². The molecule has 0 unspecified atom stereocenters. The highest BCUT2D eigenvalue weighted by molar-refractivity contribution is 6.43. The van der Waals surface area contributed by atoms with Crippen molar-refractivity contribution in [1.82, 2.24) is 15.1 Å². The summed E-state index contributed by atoms with van der Waals surface area (Å²) in [6.07, 6.45) is 8.66. The smallest absolute Gasteiger partial charge is 0.317 e. The van der Waals surface area contributed by atoms with Gasteiger partial charge in [-0.1, -0.05) is 29.3 Å². The number of anilines is 1. The fraction of sp³-hybridized carbons (Fsp3) is 0.708. The maximum atomic E-state index is 11.9. The molecule has 172 valence electrons. The first-order valence-corrected chi connectivity index (χ1v) is 12.6. The molecule has 0 radical (unpaired) electrons. The lowest BCUT2D eigenvalue weighted by atomic mass is 9.84. The monoisotopic (exact) mass is 466 g/mol. The zero-order valence-corrected chi connectivity index (χ0v) is 20.3. The van der Waals surface area contributed by atoms with Gasteiger partial charge in [0, 0.05) is 45.8 Å². The number of nitrogens with zero attached hydrogens (tertiary/aromatic N) is 3. The van der Waals surface area contributed by atoms with E-state index in [-0.39, 0.29) is 6.03 Å². The third kappa shape index (κ3) is 5.80. The van der Waals surface area contributed by atoms with Gasteiger partial charge in [-0.3, -0.25) is 4.90 Å². The van der Waals surface area contributed by atoms with E-state index < -0.39 is 0 Å². The molecule has 2 amide bonds. The summed E-state index contributed by atoms with van der Waals surface area (Å²) in [6, 6.07) is 6.97. The molecule has 3 fully saturated rings. The number of nitrogens with one attached hydrogen (secondary N) is 1. The van der Waals surface area contributed by atoms with Crippen molar-refractivity contribution in [3.05, 3.63) is 28.2 Å². The molecule has 0 aromatic heterocycles. The number of carbonyl (C=O) groups is 1. The predicted molar refractivity (Wildman–Crippen MR) is 129 cm³/mol. The van der Waals surface area contributed by atoms with Crippen LogP contribution in [0.15, 0.2) is 18.2 Å². The van der Waals surface area contributed by atoms with Gasteiger partial charge in [-0.15, -0.1) is 0 Å². The van der Waals surface area contributed by atoms with Crippen LogP contribution < -0.4 is 10.2 Å². The van der Waals surface area contributed by atoms with Gasteiger partial charge in [0.15, 0.2) is 0 Å².